The molecule has 4 nitrogen and oxygen atoms in total. The van der Waals surface area contributed by atoms with Gasteiger partial charge in [0.15, 0.2) is 5.65 Å². The normalized spacial score (nSPS) is 11.2. The Morgan fingerprint density at radius 3 is 2.44 bits per heavy atom. The summed E-state index contributed by atoms with van der Waals surface area (Å²) in [5.41, 5.74) is 3.50. The van der Waals surface area contributed by atoms with E-state index in [1.54, 1.807) is 29.8 Å². The van der Waals surface area contributed by atoms with E-state index in [-0.39, 0.29) is 5.56 Å². The molecule has 25 heavy (non-hydrogen) atoms. The van der Waals surface area contributed by atoms with Crippen LogP contribution in [0, 0.1) is 6.92 Å². The van der Waals surface area contributed by atoms with Gasteiger partial charge in [-0.3, -0.25) is 4.79 Å². The predicted molar refractivity (Wildman–Crippen MR) is 101 cm³/mol. The topological polar surface area (TPSA) is 39.3 Å². The van der Waals surface area contributed by atoms with Crippen LogP contribution in [0.2, 0.25) is 10.0 Å². The fourth-order valence-corrected chi connectivity index (χ4v) is 3.39. The predicted octanol–water partition coefficient (Wildman–Crippen LogP) is 4.77. The summed E-state index contributed by atoms with van der Waals surface area (Å²) in [5, 5.41) is 0.988. The molecule has 0 aliphatic rings. The second kappa shape index (κ2) is 6.06. The zero-order valence-electron chi connectivity index (χ0n) is 13.3. The summed E-state index contributed by atoms with van der Waals surface area (Å²) in [6, 6.07) is 18.4. The lowest BCUT2D eigenvalue weighted by molar-refractivity contribution is 0.767. The molecular weight excluding hydrogens is 357 g/mol. The number of benzene rings is 2. The molecule has 0 aliphatic carbocycles. The van der Waals surface area contributed by atoms with Crippen molar-refractivity contribution in [1.82, 2.24) is 14.2 Å². The lowest BCUT2D eigenvalue weighted by Gasteiger charge is -2.13. The van der Waals surface area contributed by atoms with Gasteiger partial charge in [-0.05, 0) is 25.1 Å². The van der Waals surface area contributed by atoms with Crippen LogP contribution in [0.5, 0.6) is 0 Å². The van der Waals surface area contributed by atoms with Crippen molar-refractivity contribution >= 4 is 28.8 Å². The third-order valence-corrected chi connectivity index (χ3v) is 4.49. The van der Waals surface area contributed by atoms with E-state index in [2.05, 4.69) is 4.98 Å². The molecule has 0 aliphatic heterocycles. The largest absolute Gasteiger partial charge is 0.273 e. The van der Waals surface area contributed by atoms with Crippen molar-refractivity contribution in [2.75, 3.05) is 0 Å². The Balaban J connectivity index is 2.15. The van der Waals surface area contributed by atoms with Crippen molar-refractivity contribution < 1.29 is 0 Å². The van der Waals surface area contributed by atoms with Gasteiger partial charge in [0.25, 0.3) is 5.56 Å². The molecule has 0 saturated heterocycles. The van der Waals surface area contributed by atoms with E-state index in [9.17, 15) is 4.79 Å². The van der Waals surface area contributed by atoms with Crippen molar-refractivity contribution in [3.05, 3.63) is 86.8 Å². The first-order chi connectivity index (χ1) is 12.0. The lowest BCUT2D eigenvalue weighted by atomic mass is 10.1. The van der Waals surface area contributed by atoms with Crippen molar-refractivity contribution in [3.63, 3.8) is 0 Å². The van der Waals surface area contributed by atoms with Gasteiger partial charge in [-0.15, -0.1) is 0 Å². The van der Waals surface area contributed by atoms with Gasteiger partial charge in [0.1, 0.15) is 0 Å². The molecule has 2 heterocycles. The molecule has 0 unspecified atom stereocenters. The average Bonchev–Trinajstić information content (AvgIpc) is 2.95. The van der Waals surface area contributed by atoms with E-state index in [1.165, 1.54) is 10.6 Å². The van der Waals surface area contributed by atoms with Crippen LogP contribution in [-0.2, 0) is 0 Å². The van der Waals surface area contributed by atoms with Crippen LogP contribution in [0.1, 0.15) is 5.69 Å². The number of rotatable bonds is 2. The maximum atomic E-state index is 12.6. The molecule has 124 valence electrons. The van der Waals surface area contributed by atoms with Crippen LogP contribution in [0.25, 0.3) is 22.6 Å². The van der Waals surface area contributed by atoms with E-state index in [0.717, 1.165) is 11.3 Å². The summed E-state index contributed by atoms with van der Waals surface area (Å²) in [4.78, 5) is 17.1. The summed E-state index contributed by atoms with van der Waals surface area (Å²) in [6.45, 7) is 1.80. The SMILES string of the molecule is Cc1cc(=O)n2c(cc(-c3ccccc3)n2-c2ccc(Cl)cc2Cl)n1. The number of nitrogens with zero attached hydrogens (tertiary/aromatic N) is 3. The lowest BCUT2D eigenvalue weighted by Crippen LogP contribution is -2.21. The average molecular weight is 370 g/mol. The van der Waals surface area contributed by atoms with E-state index in [0.29, 0.717) is 27.1 Å². The van der Waals surface area contributed by atoms with Crippen LogP contribution in [0.4, 0.5) is 0 Å². The molecular formula is C19H13Cl2N3O. The molecule has 2 aromatic carbocycles. The molecule has 2 aromatic heterocycles. The third kappa shape index (κ3) is 2.73. The van der Waals surface area contributed by atoms with Gasteiger partial charge in [0, 0.05) is 28.4 Å². The number of hydrogen-bond acceptors (Lipinski definition) is 2. The first kappa shape index (κ1) is 15.9. The van der Waals surface area contributed by atoms with E-state index in [4.69, 9.17) is 23.2 Å². The first-order valence-electron chi connectivity index (χ1n) is 7.68. The second-order valence-corrected chi connectivity index (χ2v) is 6.55. The highest BCUT2D eigenvalue weighted by Crippen LogP contribution is 2.30. The van der Waals surface area contributed by atoms with Crippen LogP contribution < -0.4 is 5.56 Å². The van der Waals surface area contributed by atoms with Crippen LogP contribution in [-0.4, -0.2) is 14.2 Å². The number of hydrogen-bond donors (Lipinski definition) is 0. The zero-order valence-corrected chi connectivity index (χ0v) is 14.8. The molecule has 0 radical (unpaired) electrons. The molecule has 0 fully saturated rings. The van der Waals surface area contributed by atoms with E-state index < -0.39 is 0 Å². The summed E-state index contributed by atoms with van der Waals surface area (Å²) in [6.07, 6.45) is 0. The van der Waals surface area contributed by atoms with Gasteiger partial charge in [-0.2, -0.15) is 4.52 Å². The smallest absolute Gasteiger partial charge is 0.267 e. The maximum absolute atomic E-state index is 12.6. The van der Waals surface area contributed by atoms with Gasteiger partial charge in [-0.25, -0.2) is 9.67 Å². The Bertz CT molecular complexity index is 1150. The Morgan fingerprint density at radius 2 is 1.72 bits per heavy atom. The highest BCUT2D eigenvalue weighted by atomic mass is 35.5. The van der Waals surface area contributed by atoms with Gasteiger partial charge in [0.05, 0.1) is 16.4 Å². The fraction of sp³-hybridized carbons (Fsp3) is 0.0526. The molecule has 0 saturated carbocycles. The van der Waals surface area contributed by atoms with Crippen LogP contribution >= 0.6 is 23.2 Å². The zero-order chi connectivity index (χ0) is 17.6. The highest BCUT2D eigenvalue weighted by Gasteiger charge is 2.17. The standard InChI is InChI=1S/C19H13Cl2N3O/c1-12-9-19(25)24-18(22-12)11-17(13-5-3-2-4-6-13)23(24)16-8-7-14(20)10-15(16)21/h2-11H,1H3. The quantitative estimate of drug-likeness (QED) is 0.510. The van der Waals surface area contributed by atoms with Crippen LogP contribution in [0.3, 0.4) is 0 Å². The van der Waals surface area contributed by atoms with Gasteiger partial charge in [-0.1, -0.05) is 53.5 Å². The minimum absolute atomic E-state index is 0.171. The van der Waals surface area contributed by atoms with E-state index in [1.807, 2.05) is 36.4 Å². The monoisotopic (exact) mass is 369 g/mol. The fourth-order valence-electron chi connectivity index (χ4n) is 2.90. The van der Waals surface area contributed by atoms with Crippen molar-refractivity contribution in [1.29, 1.82) is 0 Å². The second-order valence-electron chi connectivity index (χ2n) is 5.71. The molecule has 0 amide bonds. The molecule has 4 aromatic rings. The van der Waals surface area contributed by atoms with Crippen molar-refractivity contribution in [2.24, 2.45) is 0 Å². The van der Waals surface area contributed by atoms with Gasteiger partial charge < -0.3 is 0 Å². The Morgan fingerprint density at radius 1 is 0.960 bits per heavy atom. The summed E-state index contributed by atoms with van der Waals surface area (Å²) >= 11 is 12.5. The Kier molecular flexibility index (Phi) is 3.86. The summed E-state index contributed by atoms with van der Waals surface area (Å²) in [5.74, 6) is 0. The number of fused-ring (bicyclic) bond motifs is 1. The summed E-state index contributed by atoms with van der Waals surface area (Å²) < 4.78 is 3.29. The molecule has 6 heteroatoms. The third-order valence-electron chi connectivity index (χ3n) is 3.95. The van der Waals surface area contributed by atoms with Gasteiger partial charge >= 0.3 is 0 Å². The maximum Gasteiger partial charge on any atom is 0.273 e. The van der Waals surface area contributed by atoms with Crippen molar-refractivity contribution in [2.45, 2.75) is 6.92 Å². The van der Waals surface area contributed by atoms with Crippen LogP contribution in [0.15, 0.2) is 65.5 Å². The molecule has 0 spiro atoms. The number of aryl methyl sites for hydroxylation is 1. The molecule has 4 rings (SSSR count). The Hall–Kier alpha value is -2.56. The number of halogens is 2. The van der Waals surface area contributed by atoms with E-state index >= 15 is 0 Å². The minimum atomic E-state index is -0.171. The molecule has 0 atom stereocenters. The molecule has 0 bridgehead atoms. The molecule has 0 N–H and O–H groups in total. The Labute approximate surface area is 153 Å². The number of aromatic nitrogens is 3. The summed E-state index contributed by atoms with van der Waals surface area (Å²) in [7, 11) is 0. The van der Waals surface area contributed by atoms with Gasteiger partial charge in [0.2, 0.25) is 0 Å². The highest BCUT2D eigenvalue weighted by molar-refractivity contribution is 6.35. The first-order valence-corrected chi connectivity index (χ1v) is 8.43. The van der Waals surface area contributed by atoms with Crippen molar-refractivity contribution in [3.8, 4) is 16.9 Å². The minimum Gasteiger partial charge on any atom is -0.267 e.